The largest absolute Gasteiger partial charge is 0.492 e. The van der Waals surface area contributed by atoms with Gasteiger partial charge < -0.3 is 9.84 Å². The van der Waals surface area contributed by atoms with Crippen molar-refractivity contribution >= 4 is 12.0 Å². The molecule has 0 fully saturated rings. The predicted octanol–water partition coefficient (Wildman–Crippen LogP) is 1.80. The molecule has 1 rings (SSSR count). The summed E-state index contributed by atoms with van der Waals surface area (Å²) in [4.78, 5) is 10.3. The molecule has 1 aromatic rings. The molecular formula is C11H8FNO3. The lowest BCUT2D eigenvalue weighted by atomic mass is 10.1. The average Bonchev–Trinajstić information content (AvgIpc) is 2.25. The van der Waals surface area contributed by atoms with Gasteiger partial charge in [-0.2, -0.15) is 5.26 Å². The molecule has 0 saturated heterocycles. The van der Waals surface area contributed by atoms with E-state index >= 15 is 0 Å². The number of halogens is 1. The van der Waals surface area contributed by atoms with Crippen LogP contribution in [0.1, 0.15) is 11.1 Å². The van der Waals surface area contributed by atoms with E-state index in [0.29, 0.717) is 0 Å². The first-order valence-electron chi connectivity index (χ1n) is 4.27. The number of rotatable bonds is 3. The summed E-state index contributed by atoms with van der Waals surface area (Å²) < 4.78 is 18.1. The Morgan fingerprint density at radius 1 is 1.62 bits per heavy atom. The smallest absolute Gasteiger partial charge is 0.328 e. The Kier molecular flexibility index (Phi) is 3.62. The number of carboxylic acids is 1. The van der Waals surface area contributed by atoms with Crippen LogP contribution in [-0.2, 0) is 4.79 Å². The van der Waals surface area contributed by atoms with Crippen LogP contribution in [0, 0.1) is 17.1 Å². The van der Waals surface area contributed by atoms with Crippen molar-refractivity contribution in [3.8, 4) is 11.8 Å². The van der Waals surface area contributed by atoms with E-state index in [9.17, 15) is 9.18 Å². The molecule has 0 aromatic heterocycles. The molecule has 0 amide bonds. The molecule has 0 unspecified atom stereocenters. The number of hydrogen-bond donors (Lipinski definition) is 1. The van der Waals surface area contributed by atoms with E-state index in [-0.39, 0.29) is 16.9 Å². The van der Waals surface area contributed by atoms with E-state index in [1.807, 2.05) is 0 Å². The maximum absolute atomic E-state index is 13.4. The third kappa shape index (κ3) is 2.58. The Hall–Kier alpha value is -2.35. The van der Waals surface area contributed by atoms with Gasteiger partial charge in [0.1, 0.15) is 6.07 Å². The minimum absolute atomic E-state index is 0.0209. The van der Waals surface area contributed by atoms with Crippen molar-refractivity contribution in [2.75, 3.05) is 7.11 Å². The highest BCUT2D eigenvalue weighted by Crippen LogP contribution is 2.24. The maximum atomic E-state index is 13.4. The minimum Gasteiger partial charge on any atom is -0.492 e. The monoisotopic (exact) mass is 221 g/mol. The Labute approximate surface area is 91.2 Å². The van der Waals surface area contributed by atoms with Crippen molar-refractivity contribution in [2.24, 2.45) is 0 Å². The van der Waals surface area contributed by atoms with Crippen LogP contribution >= 0.6 is 0 Å². The molecule has 1 N–H and O–H groups in total. The van der Waals surface area contributed by atoms with Crippen molar-refractivity contribution in [3.05, 3.63) is 35.2 Å². The molecule has 0 aliphatic rings. The number of carboxylic acid groups (broad SMARTS) is 1. The highest BCUT2D eigenvalue weighted by molar-refractivity contribution is 5.85. The fourth-order valence-electron chi connectivity index (χ4n) is 1.17. The van der Waals surface area contributed by atoms with E-state index in [4.69, 9.17) is 15.1 Å². The number of ether oxygens (including phenoxy) is 1. The van der Waals surface area contributed by atoms with Gasteiger partial charge in [0.15, 0.2) is 11.6 Å². The van der Waals surface area contributed by atoms with Gasteiger partial charge >= 0.3 is 5.97 Å². The molecule has 0 bridgehead atoms. The maximum Gasteiger partial charge on any atom is 0.328 e. The lowest BCUT2D eigenvalue weighted by Crippen LogP contribution is -1.94. The molecule has 82 valence electrons. The molecule has 0 aliphatic carbocycles. The molecule has 0 atom stereocenters. The van der Waals surface area contributed by atoms with E-state index in [0.717, 1.165) is 12.1 Å². The first kappa shape index (κ1) is 11.7. The lowest BCUT2D eigenvalue weighted by Gasteiger charge is -2.04. The van der Waals surface area contributed by atoms with Gasteiger partial charge in [-0.1, -0.05) is 0 Å². The van der Waals surface area contributed by atoms with Gasteiger partial charge in [-0.3, -0.25) is 0 Å². The van der Waals surface area contributed by atoms with Gasteiger partial charge in [0.05, 0.1) is 12.7 Å². The molecule has 4 nitrogen and oxygen atoms in total. The predicted molar refractivity (Wildman–Crippen MR) is 54.3 cm³/mol. The normalized spacial score (nSPS) is 10.1. The Morgan fingerprint density at radius 2 is 2.31 bits per heavy atom. The first-order valence-corrected chi connectivity index (χ1v) is 4.27. The molecule has 0 aliphatic heterocycles. The third-order valence-corrected chi connectivity index (χ3v) is 1.81. The summed E-state index contributed by atoms with van der Waals surface area (Å²) in [5.41, 5.74) is 0.310. The number of carbonyl (C=O) groups is 1. The van der Waals surface area contributed by atoms with Crippen LogP contribution in [0.2, 0.25) is 0 Å². The van der Waals surface area contributed by atoms with Crippen molar-refractivity contribution in [1.29, 1.82) is 5.26 Å². The van der Waals surface area contributed by atoms with Crippen molar-refractivity contribution < 1.29 is 19.0 Å². The van der Waals surface area contributed by atoms with E-state index in [1.54, 1.807) is 6.07 Å². The van der Waals surface area contributed by atoms with Crippen molar-refractivity contribution in [2.45, 2.75) is 0 Å². The zero-order valence-corrected chi connectivity index (χ0v) is 8.40. The summed E-state index contributed by atoms with van der Waals surface area (Å²) in [6, 6.07) is 4.21. The van der Waals surface area contributed by atoms with Crippen LogP contribution in [0.25, 0.3) is 6.08 Å². The molecule has 0 saturated carbocycles. The van der Waals surface area contributed by atoms with E-state index < -0.39 is 11.8 Å². The number of nitriles is 1. The zero-order chi connectivity index (χ0) is 12.1. The molecule has 16 heavy (non-hydrogen) atoms. The van der Waals surface area contributed by atoms with Gasteiger partial charge in [-0.05, 0) is 23.8 Å². The standard InChI is InChI=1S/C11H8FNO3/c1-16-11-8(6-13)4-7(5-9(11)12)2-3-10(14)15/h2-5H,1H3,(H,14,15)/b3-2+. The van der Waals surface area contributed by atoms with Gasteiger partial charge in [-0.25, -0.2) is 9.18 Å². The summed E-state index contributed by atoms with van der Waals surface area (Å²) in [6.45, 7) is 0. The van der Waals surface area contributed by atoms with Crippen LogP contribution in [-0.4, -0.2) is 18.2 Å². The number of nitrogens with zero attached hydrogens (tertiary/aromatic N) is 1. The molecule has 5 heteroatoms. The third-order valence-electron chi connectivity index (χ3n) is 1.81. The number of hydrogen-bond acceptors (Lipinski definition) is 3. The summed E-state index contributed by atoms with van der Waals surface area (Å²) >= 11 is 0. The second-order valence-corrected chi connectivity index (χ2v) is 2.87. The SMILES string of the molecule is COc1c(F)cc(/C=C/C(=O)O)cc1C#N. The number of benzene rings is 1. The Balaban J connectivity index is 3.22. The average molecular weight is 221 g/mol. The van der Waals surface area contributed by atoms with Crippen molar-refractivity contribution in [3.63, 3.8) is 0 Å². The first-order chi connectivity index (χ1) is 7.58. The Morgan fingerprint density at radius 3 is 2.81 bits per heavy atom. The minimum atomic E-state index is -1.14. The van der Waals surface area contributed by atoms with Gasteiger partial charge in [0, 0.05) is 6.08 Å². The highest BCUT2D eigenvalue weighted by atomic mass is 19.1. The van der Waals surface area contributed by atoms with Crippen molar-refractivity contribution in [1.82, 2.24) is 0 Å². The number of aliphatic carboxylic acids is 1. The zero-order valence-electron chi connectivity index (χ0n) is 8.40. The molecule has 0 heterocycles. The van der Waals surface area contributed by atoms with Crippen LogP contribution < -0.4 is 4.74 Å². The molecule has 0 spiro atoms. The summed E-state index contributed by atoms with van der Waals surface area (Å²) in [5.74, 6) is -1.99. The second-order valence-electron chi connectivity index (χ2n) is 2.87. The second kappa shape index (κ2) is 4.94. The fourth-order valence-corrected chi connectivity index (χ4v) is 1.17. The van der Waals surface area contributed by atoms with Crippen LogP contribution in [0.15, 0.2) is 18.2 Å². The van der Waals surface area contributed by atoms with E-state index in [1.165, 1.54) is 19.3 Å². The topological polar surface area (TPSA) is 70.3 Å². The van der Waals surface area contributed by atoms with E-state index in [2.05, 4.69) is 0 Å². The summed E-state index contributed by atoms with van der Waals surface area (Å²) in [5, 5.41) is 17.1. The van der Waals surface area contributed by atoms with Gasteiger partial charge in [0.25, 0.3) is 0 Å². The van der Waals surface area contributed by atoms with Gasteiger partial charge in [0.2, 0.25) is 0 Å². The quantitative estimate of drug-likeness (QED) is 0.790. The molecule has 1 aromatic carbocycles. The summed E-state index contributed by atoms with van der Waals surface area (Å²) in [6.07, 6.45) is 2.06. The summed E-state index contributed by atoms with van der Waals surface area (Å²) in [7, 11) is 1.26. The molecule has 0 radical (unpaired) electrons. The fraction of sp³-hybridized carbons (Fsp3) is 0.0909. The highest BCUT2D eigenvalue weighted by Gasteiger charge is 2.10. The number of methoxy groups -OCH3 is 1. The van der Waals surface area contributed by atoms with Crippen LogP contribution in [0.3, 0.4) is 0 Å². The van der Waals surface area contributed by atoms with Crippen LogP contribution in [0.4, 0.5) is 4.39 Å². The van der Waals surface area contributed by atoms with Gasteiger partial charge in [-0.15, -0.1) is 0 Å². The lowest BCUT2D eigenvalue weighted by molar-refractivity contribution is -0.131. The molecular weight excluding hydrogens is 213 g/mol. The Bertz CT molecular complexity index is 489. The van der Waals surface area contributed by atoms with Crippen LogP contribution in [0.5, 0.6) is 5.75 Å².